The largest absolute Gasteiger partial charge is 0.332 e. The van der Waals surface area contributed by atoms with E-state index in [0.29, 0.717) is 26.1 Å². The Kier molecular flexibility index (Phi) is 7.76. The Labute approximate surface area is 202 Å². The molecule has 5 heteroatoms. The Hall–Kier alpha value is -3.44. The minimum atomic E-state index is -0.154. The molecule has 4 aromatic rings. The molecule has 1 heterocycles. The average Bonchev–Trinajstić information content (AvgIpc) is 3.20. The molecule has 0 aliphatic carbocycles. The summed E-state index contributed by atoms with van der Waals surface area (Å²) in [5.41, 5.74) is 10.1. The van der Waals surface area contributed by atoms with Crippen molar-refractivity contribution in [3.05, 3.63) is 102 Å². The van der Waals surface area contributed by atoms with Gasteiger partial charge in [-0.2, -0.15) is 0 Å². The summed E-state index contributed by atoms with van der Waals surface area (Å²) in [5, 5.41) is 0. The summed E-state index contributed by atoms with van der Waals surface area (Å²) < 4.78 is 2.28. The standard InChI is InChI=1S/C29H34N4O/c1-22(2)28(32(19-11-18-30)27(34)20-23-12-5-3-6-13-23)29-31-25-16-9-10-17-26(25)33(29)21-24-14-7-4-8-15-24/h3-10,12-17,22,28H,11,18-21,30H2,1-2H3/t28-/m1/s1. The smallest absolute Gasteiger partial charge is 0.227 e. The highest BCUT2D eigenvalue weighted by molar-refractivity contribution is 5.80. The molecular weight excluding hydrogens is 420 g/mol. The molecule has 34 heavy (non-hydrogen) atoms. The fourth-order valence-electron chi connectivity index (χ4n) is 4.60. The van der Waals surface area contributed by atoms with Crippen molar-refractivity contribution in [3.8, 4) is 0 Å². The van der Waals surface area contributed by atoms with Crippen LogP contribution in [0, 0.1) is 5.92 Å². The highest BCUT2D eigenvalue weighted by Gasteiger charge is 2.32. The second-order valence-corrected chi connectivity index (χ2v) is 9.11. The molecule has 0 bridgehead atoms. The molecule has 4 rings (SSSR count). The van der Waals surface area contributed by atoms with Crippen molar-refractivity contribution >= 4 is 16.9 Å². The Morgan fingerprint density at radius 1 is 0.912 bits per heavy atom. The van der Waals surface area contributed by atoms with Crippen LogP contribution in [0.15, 0.2) is 84.9 Å². The maximum Gasteiger partial charge on any atom is 0.227 e. The Morgan fingerprint density at radius 2 is 1.53 bits per heavy atom. The molecule has 0 fully saturated rings. The van der Waals surface area contributed by atoms with E-state index < -0.39 is 0 Å². The van der Waals surface area contributed by atoms with Gasteiger partial charge in [0.1, 0.15) is 5.82 Å². The van der Waals surface area contributed by atoms with Gasteiger partial charge < -0.3 is 15.2 Å². The van der Waals surface area contributed by atoms with E-state index in [9.17, 15) is 4.79 Å². The summed E-state index contributed by atoms with van der Waals surface area (Å²) in [6.07, 6.45) is 1.12. The van der Waals surface area contributed by atoms with E-state index in [1.807, 2.05) is 59.5 Å². The number of hydrogen-bond donors (Lipinski definition) is 1. The third-order valence-corrected chi connectivity index (χ3v) is 6.22. The molecule has 1 atom stereocenters. The number of benzene rings is 3. The highest BCUT2D eigenvalue weighted by atomic mass is 16.2. The van der Waals surface area contributed by atoms with Crippen LogP contribution in [0.4, 0.5) is 0 Å². The van der Waals surface area contributed by atoms with Crippen LogP contribution < -0.4 is 5.73 Å². The number of carbonyl (C=O) groups excluding carboxylic acids is 1. The van der Waals surface area contributed by atoms with Crippen molar-refractivity contribution in [1.82, 2.24) is 14.5 Å². The van der Waals surface area contributed by atoms with Gasteiger partial charge in [-0.3, -0.25) is 4.79 Å². The number of rotatable bonds is 10. The van der Waals surface area contributed by atoms with Crippen LogP contribution in [0.25, 0.3) is 11.0 Å². The zero-order valence-corrected chi connectivity index (χ0v) is 20.1. The SMILES string of the molecule is CC(C)[C@H](c1nc2ccccc2n1Cc1ccccc1)N(CCCN)C(=O)Cc1ccccc1. The average molecular weight is 455 g/mol. The first-order valence-electron chi connectivity index (χ1n) is 12.1. The van der Waals surface area contributed by atoms with E-state index in [0.717, 1.165) is 28.8 Å². The molecule has 176 valence electrons. The third-order valence-electron chi connectivity index (χ3n) is 6.22. The van der Waals surface area contributed by atoms with Crippen molar-refractivity contribution in [2.24, 2.45) is 11.7 Å². The number of nitrogens with two attached hydrogens (primary N) is 1. The molecule has 3 aromatic carbocycles. The summed E-state index contributed by atoms with van der Waals surface area (Å²) in [4.78, 5) is 20.8. The van der Waals surface area contributed by atoms with Gasteiger partial charge in [0.2, 0.25) is 5.91 Å². The predicted octanol–water partition coefficient (Wildman–Crippen LogP) is 5.20. The lowest BCUT2D eigenvalue weighted by molar-refractivity contribution is -0.134. The summed E-state index contributed by atoms with van der Waals surface area (Å²) in [7, 11) is 0. The lowest BCUT2D eigenvalue weighted by Gasteiger charge is -2.35. The van der Waals surface area contributed by atoms with Gasteiger partial charge in [0.15, 0.2) is 0 Å². The third kappa shape index (κ3) is 5.37. The van der Waals surface area contributed by atoms with E-state index in [4.69, 9.17) is 10.7 Å². The molecule has 0 spiro atoms. The molecule has 0 aliphatic rings. The summed E-state index contributed by atoms with van der Waals surface area (Å²) in [6.45, 7) is 6.20. The maximum absolute atomic E-state index is 13.7. The number of carbonyl (C=O) groups is 1. The first-order chi connectivity index (χ1) is 16.6. The summed E-state index contributed by atoms with van der Waals surface area (Å²) in [5.74, 6) is 1.22. The number of nitrogens with zero attached hydrogens (tertiary/aromatic N) is 3. The molecular formula is C29H34N4O. The van der Waals surface area contributed by atoms with Crippen LogP contribution in [0.1, 0.15) is 43.3 Å². The fraction of sp³-hybridized carbons (Fsp3) is 0.310. The van der Waals surface area contributed by atoms with Crippen LogP contribution in [0.2, 0.25) is 0 Å². The number of para-hydroxylation sites is 2. The van der Waals surface area contributed by atoms with E-state index >= 15 is 0 Å². The van der Waals surface area contributed by atoms with Gasteiger partial charge in [-0.05, 0) is 42.1 Å². The Bertz CT molecular complexity index is 1200. The van der Waals surface area contributed by atoms with Crippen molar-refractivity contribution in [2.75, 3.05) is 13.1 Å². The molecule has 0 saturated heterocycles. The summed E-state index contributed by atoms with van der Waals surface area (Å²) >= 11 is 0. The van der Waals surface area contributed by atoms with Crippen molar-refractivity contribution in [1.29, 1.82) is 0 Å². The monoisotopic (exact) mass is 454 g/mol. The number of hydrogen-bond acceptors (Lipinski definition) is 3. The van der Waals surface area contributed by atoms with Crippen LogP contribution in [-0.2, 0) is 17.8 Å². The lowest BCUT2D eigenvalue weighted by Crippen LogP contribution is -2.41. The minimum absolute atomic E-state index is 0.108. The molecule has 2 N–H and O–H groups in total. The van der Waals surface area contributed by atoms with Crippen LogP contribution in [0.5, 0.6) is 0 Å². The first-order valence-corrected chi connectivity index (χ1v) is 12.1. The lowest BCUT2D eigenvalue weighted by atomic mass is 9.99. The van der Waals surface area contributed by atoms with E-state index in [1.165, 1.54) is 5.56 Å². The number of fused-ring (bicyclic) bond motifs is 1. The van der Waals surface area contributed by atoms with Gasteiger partial charge in [-0.15, -0.1) is 0 Å². The predicted molar refractivity (Wildman–Crippen MR) is 138 cm³/mol. The fourth-order valence-corrected chi connectivity index (χ4v) is 4.60. The van der Waals surface area contributed by atoms with Crippen LogP contribution >= 0.6 is 0 Å². The Morgan fingerprint density at radius 3 is 2.18 bits per heavy atom. The molecule has 0 radical (unpaired) electrons. The van der Waals surface area contributed by atoms with Gasteiger partial charge in [0.25, 0.3) is 0 Å². The van der Waals surface area contributed by atoms with E-state index in [1.54, 1.807) is 0 Å². The van der Waals surface area contributed by atoms with E-state index in [-0.39, 0.29) is 17.9 Å². The maximum atomic E-state index is 13.7. The van der Waals surface area contributed by atoms with Crippen molar-refractivity contribution < 1.29 is 4.79 Å². The molecule has 0 unspecified atom stereocenters. The second-order valence-electron chi connectivity index (χ2n) is 9.11. The second kappa shape index (κ2) is 11.1. The molecule has 5 nitrogen and oxygen atoms in total. The van der Waals surface area contributed by atoms with Crippen LogP contribution in [0.3, 0.4) is 0 Å². The number of aromatic nitrogens is 2. The zero-order chi connectivity index (χ0) is 23.9. The molecule has 1 aromatic heterocycles. The topological polar surface area (TPSA) is 64.2 Å². The first kappa shape index (κ1) is 23.7. The van der Waals surface area contributed by atoms with Gasteiger partial charge in [0, 0.05) is 13.1 Å². The van der Waals surface area contributed by atoms with Crippen LogP contribution in [-0.4, -0.2) is 33.4 Å². The van der Waals surface area contributed by atoms with E-state index in [2.05, 4.69) is 48.7 Å². The zero-order valence-electron chi connectivity index (χ0n) is 20.1. The normalized spacial score (nSPS) is 12.2. The molecule has 0 saturated carbocycles. The number of imidazole rings is 1. The highest BCUT2D eigenvalue weighted by Crippen LogP contribution is 2.32. The van der Waals surface area contributed by atoms with Crippen molar-refractivity contribution in [2.45, 2.75) is 39.3 Å². The number of amides is 1. The summed E-state index contributed by atoms with van der Waals surface area (Å²) in [6, 6.07) is 28.4. The quantitative estimate of drug-likeness (QED) is 0.358. The van der Waals surface area contributed by atoms with Gasteiger partial charge in [-0.25, -0.2) is 4.98 Å². The molecule has 0 aliphatic heterocycles. The van der Waals surface area contributed by atoms with Gasteiger partial charge in [-0.1, -0.05) is 86.6 Å². The van der Waals surface area contributed by atoms with Crippen molar-refractivity contribution in [3.63, 3.8) is 0 Å². The Balaban J connectivity index is 1.77. The molecule has 1 amide bonds. The minimum Gasteiger partial charge on any atom is -0.332 e. The van der Waals surface area contributed by atoms with Gasteiger partial charge >= 0.3 is 0 Å². The van der Waals surface area contributed by atoms with Gasteiger partial charge in [0.05, 0.1) is 23.5 Å².